The Hall–Kier alpha value is -0.570. The maximum absolute atomic E-state index is 11.0. The number of amides is 1. The van der Waals surface area contributed by atoms with Crippen molar-refractivity contribution >= 4 is 35.8 Å². The second kappa shape index (κ2) is 12.0. The van der Waals surface area contributed by atoms with Crippen LogP contribution in [-0.2, 0) is 9.53 Å². The first-order chi connectivity index (χ1) is 9.67. The fourth-order valence-corrected chi connectivity index (χ4v) is 2.56. The van der Waals surface area contributed by atoms with E-state index in [1.165, 1.54) is 0 Å². The molecule has 0 radical (unpaired) electrons. The Morgan fingerprint density at radius 1 is 1.52 bits per heavy atom. The van der Waals surface area contributed by atoms with Gasteiger partial charge in [-0.1, -0.05) is 0 Å². The van der Waals surface area contributed by atoms with Crippen molar-refractivity contribution in [2.45, 2.75) is 32.6 Å². The highest BCUT2D eigenvalue weighted by Gasteiger charge is 2.23. The summed E-state index contributed by atoms with van der Waals surface area (Å²) in [6, 6.07) is 0. The van der Waals surface area contributed by atoms with Crippen molar-refractivity contribution in [3.63, 3.8) is 0 Å². The van der Waals surface area contributed by atoms with Gasteiger partial charge in [-0.15, -0.1) is 24.0 Å². The van der Waals surface area contributed by atoms with Gasteiger partial charge < -0.3 is 20.7 Å². The van der Waals surface area contributed by atoms with Crippen LogP contribution in [0.4, 0.5) is 0 Å². The number of halogens is 1. The van der Waals surface area contributed by atoms with E-state index < -0.39 is 0 Å². The fraction of sp³-hybridized carbons (Fsp3) is 0.857. The summed E-state index contributed by atoms with van der Waals surface area (Å²) < 4.78 is 5.31. The molecule has 0 aromatic rings. The summed E-state index contributed by atoms with van der Waals surface area (Å²) in [7, 11) is 1.79. The Morgan fingerprint density at radius 2 is 2.29 bits per heavy atom. The van der Waals surface area contributed by atoms with E-state index in [9.17, 15) is 4.79 Å². The summed E-state index contributed by atoms with van der Waals surface area (Å²) in [5.74, 6) is 1.05. The Bertz CT molecular complexity index is 326. The van der Waals surface area contributed by atoms with E-state index in [0.717, 1.165) is 58.1 Å². The van der Waals surface area contributed by atoms with Crippen molar-refractivity contribution in [2.75, 3.05) is 39.9 Å². The molecule has 0 saturated carbocycles. The number of ether oxygens (including phenoxy) is 1. The van der Waals surface area contributed by atoms with Crippen LogP contribution in [0.25, 0.3) is 0 Å². The van der Waals surface area contributed by atoms with E-state index in [2.05, 4.69) is 15.2 Å². The van der Waals surface area contributed by atoms with Gasteiger partial charge in [0.25, 0.3) is 0 Å². The van der Waals surface area contributed by atoms with Crippen molar-refractivity contribution in [3.05, 3.63) is 0 Å². The van der Waals surface area contributed by atoms with E-state index in [1.807, 2.05) is 6.92 Å². The van der Waals surface area contributed by atoms with Crippen LogP contribution < -0.4 is 11.1 Å². The van der Waals surface area contributed by atoms with Crippen LogP contribution in [0.2, 0.25) is 0 Å². The molecule has 0 aromatic carbocycles. The Morgan fingerprint density at radius 3 is 2.90 bits per heavy atom. The largest absolute Gasteiger partial charge is 0.382 e. The minimum absolute atomic E-state index is 0. The van der Waals surface area contributed by atoms with Gasteiger partial charge >= 0.3 is 0 Å². The number of piperidine rings is 1. The molecule has 1 saturated heterocycles. The quantitative estimate of drug-likeness (QED) is 0.285. The highest BCUT2D eigenvalue weighted by molar-refractivity contribution is 14.0. The molecule has 3 N–H and O–H groups in total. The van der Waals surface area contributed by atoms with Crippen LogP contribution in [0.1, 0.15) is 32.6 Å². The summed E-state index contributed by atoms with van der Waals surface area (Å²) >= 11 is 0. The summed E-state index contributed by atoms with van der Waals surface area (Å²) in [4.78, 5) is 17.6. The lowest BCUT2D eigenvalue weighted by Crippen LogP contribution is -2.47. The second-order valence-electron chi connectivity index (χ2n) is 5.15. The van der Waals surface area contributed by atoms with Gasteiger partial charge in [0.2, 0.25) is 5.91 Å². The van der Waals surface area contributed by atoms with Crippen molar-refractivity contribution in [3.8, 4) is 0 Å². The van der Waals surface area contributed by atoms with Crippen LogP contribution >= 0.6 is 24.0 Å². The van der Waals surface area contributed by atoms with E-state index >= 15 is 0 Å². The Labute approximate surface area is 144 Å². The van der Waals surface area contributed by atoms with Crippen molar-refractivity contribution in [2.24, 2.45) is 16.6 Å². The monoisotopic (exact) mass is 412 g/mol. The molecule has 1 unspecified atom stereocenters. The molecule has 21 heavy (non-hydrogen) atoms. The van der Waals surface area contributed by atoms with Crippen LogP contribution in [0.5, 0.6) is 0 Å². The van der Waals surface area contributed by atoms with Gasteiger partial charge in [0.05, 0.1) is 0 Å². The number of hydrogen-bond acceptors (Lipinski definition) is 3. The lowest BCUT2D eigenvalue weighted by atomic mass is 9.95. The lowest BCUT2D eigenvalue weighted by molar-refractivity contribution is -0.119. The molecule has 7 heteroatoms. The highest BCUT2D eigenvalue weighted by Crippen LogP contribution is 2.19. The summed E-state index contributed by atoms with van der Waals surface area (Å²) in [6.45, 7) is 6.22. The van der Waals surface area contributed by atoms with Crippen molar-refractivity contribution in [1.29, 1.82) is 0 Å². The van der Waals surface area contributed by atoms with Crippen LogP contribution in [-0.4, -0.2) is 56.7 Å². The zero-order valence-electron chi connectivity index (χ0n) is 13.1. The predicted molar refractivity (Wildman–Crippen MR) is 96.0 cm³/mol. The third-order valence-corrected chi connectivity index (χ3v) is 3.47. The number of nitrogens with two attached hydrogens (primary N) is 1. The number of likely N-dealkylation sites (tertiary alicyclic amines) is 1. The SMILES string of the molecule is CCOCCCNC(=NC)N1CCCC(CC(N)=O)C1.I. The molecule has 0 spiro atoms. The van der Waals surface area contributed by atoms with E-state index in [0.29, 0.717) is 12.3 Å². The molecule has 0 aliphatic carbocycles. The maximum Gasteiger partial charge on any atom is 0.217 e. The summed E-state index contributed by atoms with van der Waals surface area (Å²) in [6.07, 6.45) is 3.58. The number of carbonyl (C=O) groups is 1. The number of hydrogen-bond donors (Lipinski definition) is 2. The average molecular weight is 412 g/mol. The summed E-state index contributed by atoms with van der Waals surface area (Å²) in [5.41, 5.74) is 5.29. The van der Waals surface area contributed by atoms with Gasteiger partial charge in [-0.2, -0.15) is 0 Å². The molecule has 1 fully saturated rings. The number of carbonyl (C=O) groups excluding carboxylic acids is 1. The normalized spacial score (nSPS) is 19.0. The molecule has 1 rings (SSSR count). The molecular formula is C14H29IN4O2. The zero-order valence-corrected chi connectivity index (χ0v) is 15.5. The number of guanidine groups is 1. The third-order valence-electron chi connectivity index (χ3n) is 3.47. The van der Waals surface area contributed by atoms with Crippen molar-refractivity contribution < 1.29 is 9.53 Å². The molecule has 1 aliphatic rings. The van der Waals surface area contributed by atoms with Crippen LogP contribution in [0.15, 0.2) is 4.99 Å². The predicted octanol–water partition coefficient (Wildman–Crippen LogP) is 1.19. The topological polar surface area (TPSA) is 79.9 Å². The highest BCUT2D eigenvalue weighted by atomic mass is 127. The number of nitrogens with one attached hydrogen (secondary N) is 1. The average Bonchev–Trinajstić information content (AvgIpc) is 2.42. The molecule has 1 amide bonds. The van der Waals surface area contributed by atoms with Gasteiger partial charge in [0.1, 0.15) is 0 Å². The first-order valence-corrected chi connectivity index (χ1v) is 7.49. The maximum atomic E-state index is 11.0. The Balaban J connectivity index is 0.00000400. The van der Waals surface area contributed by atoms with Gasteiger partial charge in [-0.3, -0.25) is 9.79 Å². The number of rotatable bonds is 7. The molecule has 6 nitrogen and oxygen atoms in total. The molecule has 1 aliphatic heterocycles. The smallest absolute Gasteiger partial charge is 0.217 e. The van der Waals surface area contributed by atoms with Gasteiger partial charge in [-0.25, -0.2) is 0 Å². The molecule has 0 aromatic heterocycles. The van der Waals surface area contributed by atoms with E-state index in [-0.39, 0.29) is 29.9 Å². The molecule has 0 bridgehead atoms. The zero-order chi connectivity index (χ0) is 14.8. The first kappa shape index (κ1) is 20.4. The Kier molecular flexibility index (Phi) is 11.7. The van der Waals surface area contributed by atoms with Gasteiger partial charge in [0, 0.05) is 46.3 Å². The minimum Gasteiger partial charge on any atom is -0.382 e. The summed E-state index contributed by atoms with van der Waals surface area (Å²) in [5, 5.41) is 3.35. The van der Waals surface area contributed by atoms with Gasteiger partial charge in [-0.05, 0) is 32.1 Å². The standard InChI is InChI=1S/C14H28N4O2.HI/c1-3-20-9-5-7-17-14(16-2)18-8-4-6-12(11-18)10-13(15)19;/h12H,3-11H2,1-2H3,(H2,15,19)(H,16,17);1H. The van der Waals surface area contributed by atoms with E-state index in [4.69, 9.17) is 10.5 Å². The fourth-order valence-electron chi connectivity index (χ4n) is 2.56. The molecular weight excluding hydrogens is 383 g/mol. The van der Waals surface area contributed by atoms with Crippen LogP contribution in [0.3, 0.4) is 0 Å². The number of aliphatic imine (C=N–C) groups is 1. The molecule has 1 heterocycles. The second-order valence-corrected chi connectivity index (χ2v) is 5.15. The number of nitrogens with zero attached hydrogens (tertiary/aromatic N) is 2. The van der Waals surface area contributed by atoms with E-state index in [1.54, 1.807) is 7.05 Å². The van der Waals surface area contributed by atoms with Crippen LogP contribution in [0, 0.1) is 5.92 Å². The first-order valence-electron chi connectivity index (χ1n) is 7.49. The minimum atomic E-state index is -0.212. The van der Waals surface area contributed by atoms with Gasteiger partial charge in [0.15, 0.2) is 5.96 Å². The molecule has 1 atom stereocenters. The number of primary amides is 1. The van der Waals surface area contributed by atoms with Crippen molar-refractivity contribution in [1.82, 2.24) is 10.2 Å². The molecule has 124 valence electrons. The third kappa shape index (κ3) is 8.45. The lowest BCUT2D eigenvalue weighted by Gasteiger charge is -2.34.